The number of halogens is 1. The van der Waals surface area contributed by atoms with E-state index >= 15 is 0 Å². The van der Waals surface area contributed by atoms with Gasteiger partial charge < -0.3 is 4.74 Å². The molecule has 1 saturated carbocycles. The normalized spacial score (nSPS) is 13.8. The van der Waals surface area contributed by atoms with Crippen molar-refractivity contribution >= 4 is 23.4 Å². The smallest absolute Gasteiger partial charge is 0.276 e. The highest BCUT2D eigenvalue weighted by molar-refractivity contribution is 6.32. The lowest BCUT2D eigenvalue weighted by atomic mass is 10.1. The highest BCUT2D eigenvalue weighted by atomic mass is 35.5. The first-order valence-corrected chi connectivity index (χ1v) is 6.83. The van der Waals surface area contributed by atoms with Crippen LogP contribution in [0.3, 0.4) is 0 Å². The zero-order valence-electron chi connectivity index (χ0n) is 11.5. The van der Waals surface area contributed by atoms with Crippen LogP contribution in [-0.4, -0.2) is 18.4 Å². The molecule has 0 unspecified atom stereocenters. The quantitative estimate of drug-likeness (QED) is 0.834. The Balaban J connectivity index is 1.79. The van der Waals surface area contributed by atoms with Crippen molar-refractivity contribution in [3.8, 4) is 5.75 Å². The number of benzene rings is 1. The van der Waals surface area contributed by atoms with Gasteiger partial charge in [0.2, 0.25) is 5.91 Å². The molecule has 0 radical (unpaired) electrons. The topological polar surface area (TPSA) is 67.4 Å². The van der Waals surface area contributed by atoms with E-state index in [-0.39, 0.29) is 18.4 Å². The number of hydrazine groups is 1. The van der Waals surface area contributed by atoms with Crippen LogP contribution in [0.2, 0.25) is 5.02 Å². The second-order valence-electron chi connectivity index (χ2n) is 4.97. The van der Waals surface area contributed by atoms with Crippen LogP contribution in [0.25, 0.3) is 0 Å². The molecule has 2 amide bonds. The molecule has 0 heterocycles. The van der Waals surface area contributed by atoms with Crippen molar-refractivity contribution < 1.29 is 14.3 Å². The molecule has 1 fully saturated rings. The van der Waals surface area contributed by atoms with Crippen molar-refractivity contribution in [1.29, 1.82) is 0 Å². The van der Waals surface area contributed by atoms with E-state index in [1.165, 1.54) is 0 Å². The molecule has 0 saturated heterocycles. The third-order valence-corrected chi connectivity index (χ3v) is 3.65. The van der Waals surface area contributed by atoms with Gasteiger partial charge in [-0.2, -0.15) is 0 Å². The molecular formula is C14H17ClN2O3. The number of nitrogens with one attached hydrogen (secondary N) is 2. The Kier molecular flexibility index (Phi) is 4.49. The van der Waals surface area contributed by atoms with Gasteiger partial charge in [-0.25, -0.2) is 0 Å². The van der Waals surface area contributed by atoms with Gasteiger partial charge in [0.15, 0.2) is 6.61 Å². The largest absolute Gasteiger partial charge is 0.484 e. The lowest BCUT2D eigenvalue weighted by Gasteiger charge is -2.10. The number of carbonyl (C=O) groups excluding carboxylic acids is 2. The minimum absolute atomic E-state index is 0.0535. The zero-order chi connectivity index (χ0) is 14.7. The number of hydrogen-bond donors (Lipinski definition) is 2. The lowest BCUT2D eigenvalue weighted by molar-refractivity contribution is -0.130. The summed E-state index contributed by atoms with van der Waals surface area (Å²) in [6.45, 7) is 3.59. The van der Waals surface area contributed by atoms with Crippen LogP contribution in [-0.2, 0) is 9.59 Å². The van der Waals surface area contributed by atoms with Crippen molar-refractivity contribution in [3.05, 3.63) is 28.3 Å². The first-order chi connectivity index (χ1) is 9.47. The van der Waals surface area contributed by atoms with Crippen LogP contribution >= 0.6 is 11.6 Å². The predicted octanol–water partition coefficient (Wildman–Crippen LogP) is 1.89. The van der Waals surface area contributed by atoms with Crippen molar-refractivity contribution in [2.75, 3.05) is 6.61 Å². The molecule has 0 spiro atoms. The summed E-state index contributed by atoms with van der Waals surface area (Å²) in [5.41, 5.74) is 6.48. The van der Waals surface area contributed by atoms with Crippen molar-refractivity contribution in [3.63, 3.8) is 0 Å². The molecule has 108 valence electrons. The predicted molar refractivity (Wildman–Crippen MR) is 75.4 cm³/mol. The van der Waals surface area contributed by atoms with E-state index in [1.807, 2.05) is 13.8 Å². The van der Waals surface area contributed by atoms with Gasteiger partial charge in [0, 0.05) is 10.9 Å². The molecule has 2 N–H and O–H groups in total. The van der Waals surface area contributed by atoms with Crippen LogP contribution in [0.5, 0.6) is 5.75 Å². The molecule has 5 nitrogen and oxygen atoms in total. The number of amides is 2. The SMILES string of the molecule is Cc1cc(OCC(=O)NNC(=O)C2CC2)cc(C)c1Cl. The average Bonchev–Trinajstić information content (AvgIpc) is 3.24. The number of carbonyl (C=O) groups is 2. The number of ether oxygens (including phenoxy) is 1. The highest BCUT2D eigenvalue weighted by Gasteiger charge is 2.29. The maximum absolute atomic E-state index is 11.5. The maximum atomic E-state index is 11.5. The molecule has 0 aromatic heterocycles. The fourth-order valence-electron chi connectivity index (χ4n) is 1.75. The molecule has 2 rings (SSSR count). The molecule has 0 aliphatic heterocycles. The third kappa shape index (κ3) is 3.87. The van der Waals surface area contributed by atoms with Crippen molar-refractivity contribution in [2.45, 2.75) is 26.7 Å². The summed E-state index contributed by atoms with van der Waals surface area (Å²) >= 11 is 6.05. The van der Waals surface area contributed by atoms with Gasteiger partial charge >= 0.3 is 0 Å². The van der Waals surface area contributed by atoms with Crippen LogP contribution in [0.4, 0.5) is 0 Å². The number of aryl methyl sites for hydroxylation is 2. The van der Waals surface area contributed by atoms with Gasteiger partial charge in [-0.3, -0.25) is 20.4 Å². The second kappa shape index (κ2) is 6.13. The zero-order valence-corrected chi connectivity index (χ0v) is 12.2. The highest BCUT2D eigenvalue weighted by Crippen LogP contribution is 2.28. The molecule has 0 atom stereocenters. The maximum Gasteiger partial charge on any atom is 0.276 e. The van der Waals surface area contributed by atoms with E-state index in [4.69, 9.17) is 16.3 Å². The summed E-state index contributed by atoms with van der Waals surface area (Å²) in [4.78, 5) is 22.9. The summed E-state index contributed by atoms with van der Waals surface area (Å²) < 4.78 is 5.37. The third-order valence-electron chi connectivity index (χ3n) is 3.05. The Morgan fingerprint density at radius 2 is 1.85 bits per heavy atom. The summed E-state index contributed by atoms with van der Waals surface area (Å²) in [6, 6.07) is 3.54. The summed E-state index contributed by atoms with van der Waals surface area (Å²) in [5, 5.41) is 0.693. The monoisotopic (exact) mass is 296 g/mol. The Bertz CT molecular complexity index is 518. The van der Waals surface area contributed by atoms with E-state index in [0.29, 0.717) is 10.8 Å². The second-order valence-corrected chi connectivity index (χ2v) is 5.35. The van der Waals surface area contributed by atoms with E-state index in [2.05, 4.69) is 10.9 Å². The average molecular weight is 297 g/mol. The molecular weight excluding hydrogens is 280 g/mol. The van der Waals surface area contributed by atoms with E-state index in [0.717, 1.165) is 24.0 Å². The van der Waals surface area contributed by atoms with Gasteiger partial charge in [0.25, 0.3) is 5.91 Å². The van der Waals surface area contributed by atoms with Gasteiger partial charge in [-0.1, -0.05) is 11.6 Å². The minimum atomic E-state index is -0.399. The van der Waals surface area contributed by atoms with E-state index < -0.39 is 5.91 Å². The molecule has 0 bridgehead atoms. The Hall–Kier alpha value is -1.75. The number of hydrogen-bond acceptors (Lipinski definition) is 3. The first kappa shape index (κ1) is 14.7. The van der Waals surface area contributed by atoms with Crippen LogP contribution in [0.1, 0.15) is 24.0 Å². The van der Waals surface area contributed by atoms with Crippen molar-refractivity contribution in [1.82, 2.24) is 10.9 Å². The lowest BCUT2D eigenvalue weighted by Crippen LogP contribution is -2.44. The molecule has 1 aliphatic rings. The van der Waals surface area contributed by atoms with Crippen LogP contribution < -0.4 is 15.6 Å². The van der Waals surface area contributed by atoms with Crippen molar-refractivity contribution in [2.24, 2.45) is 5.92 Å². The Morgan fingerprint density at radius 1 is 1.25 bits per heavy atom. The molecule has 20 heavy (non-hydrogen) atoms. The Morgan fingerprint density at radius 3 is 2.40 bits per heavy atom. The van der Waals surface area contributed by atoms with Crippen LogP contribution in [0, 0.1) is 19.8 Å². The van der Waals surface area contributed by atoms with Gasteiger partial charge in [0.05, 0.1) is 0 Å². The molecule has 1 aromatic carbocycles. The number of rotatable bonds is 4. The Labute approximate surface area is 122 Å². The fourth-order valence-corrected chi connectivity index (χ4v) is 1.86. The summed E-state index contributed by atoms with van der Waals surface area (Å²) in [7, 11) is 0. The van der Waals surface area contributed by atoms with Gasteiger partial charge in [-0.05, 0) is 49.9 Å². The van der Waals surface area contributed by atoms with E-state index in [1.54, 1.807) is 12.1 Å². The van der Waals surface area contributed by atoms with Gasteiger partial charge in [0.1, 0.15) is 5.75 Å². The summed E-state index contributed by atoms with van der Waals surface area (Å²) in [5.74, 6) is 0.0895. The first-order valence-electron chi connectivity index (χ1n) is 6.45. The fraction of sp³-hybridized carbons (Fsp3) is 0.429. The van der Waals surface area contributed by atoms with E-state index in [9.17, 15) is 9.59 Å². The summed E-state index contributed by atoms with van der Waals surface area (Å²) in [6.07, 6.45) is 1.78. The standard InChI is InChI=1S/C14H17ClN2O3/c1-8-5-11(6-9(2)13(8)15)20-7-12(18)16-17-14(19)10-3-4-10/h5-6,10H,3-4,7H2,1-2H3,(H,16,18)(H,17,19). The minimum Gasteiger partial charge on any atom is -0.484 e. The molecule has 6 heteroatoms. The molecule has 1 aliphatic carbocycles. The van der Waals surface area contributed by atoms with Gasteiger partial charge in [-0.15, -0.1) is 0 Å². The van der Waals surface area contributed by atoms with Crippen LogP contribution in [0.15, 0.2) is 12.1 Å². The molecule has 1 aromatic rings.